The van der Waals surface area contributed by atoms with Crippen LogP contribution in [-0.4, -0.2) is 12.6 Å². The first-order valence-electron chi connectivity index (χ1n) is 5.30. The van der Waals surface area contributed by atoms with Gasteiger partial charge in [0.1, 0.15) is 0 Å². The van der Waals surface area contributed by atoms with Gasteiger partial charge in [0.25, 0.3) is 0 Å². The number of rotatable bonds is 6. The fraction of sp³-hybridized carbons (Fsp3) is 0.636. The van der Waals surface area contributed by atoms with Crippen LogP contribution < -0.4 is 11.1 Å². The number of thiophene rings is 1. The summed E-state index contributed by atoms with van der Waals surface area (Å²) in [5.74, 6) is 0. The molecule has 0 spiro atoms. The molecule has 1 heterocycles. The Kier molecular flexibility index (Phi) is 5.15. The van der Waals surface area contributed by atoms with Crippen LogP contribution in [0.15, 0.2) is 12.1 Å². The molecule has 1 atom stereocenters. The summed E-state index contributed by atoms with van der Waals surface area (Å²) in [7, 11) is 0. The van der Waals surface area contributed by atoms with E-state index < -0.39 is 0 Å². The van der Waals surface area contributed by atoms with E-state index in [0.29, 0.717) is 6.04 Å². The fourth-order valence-corrected chi connectivity index (χ4v) is 2.16. The van der Waals surface area contributed by atoms with Crippen LogP contribution in [0.2, 0.25) is 0 Å². The van der Waals surface area contributed by atoms with E-state index in [4.69, 9.17) is 5.73 Å². The fourth-order valence-electron chi connectivity index (χ4n) is 1.23. The average molecular weight is 212 g/mol. The quantitative estimate of drug-likeness (QED) is 0.758. The zero-order chi connectivity index (χ0) is 10.4. The van der Waals surface area contributed by atoms with Gasteiger partial charge in [-0.15, -0.1) is 11.3 Å². The zero-order valence-corrected chi connectivity index (χ0v) is 9.86. The summed E-state index contributed by atoms with van der Waals surface area (Å²) in [5, 5.41) is 3.38. The Balaban J connectivity index is 2.24. The van der Waals surface area contributed by atoms with Gasteiger partial charge in [0, 0.05) is 28.9 Å². The summed E-state index contributed by atoms with van der Waals surface area (Å²) in [6.07, 6.45) is 2.18. The molecule has 3 heteroatoms. The van der Waals surface area contributed by atoms with Crippen LogP contribution in [0, 0.1) is 0 Å². The number of hydrogen-bond donors (Lipinski definition) is 2. The highest BCUT2D eigenvalue weighted by Crippen LogP contribution is 2.16. The van der Waals surface area contributed by atoms with Gasteiger partial charge < -0.3 is 11.1 Å². The second-order valence-electron chi connectivity index (χ2n) is 3.52. The van der Waals surface area contributed by atoms with Gasteiger partial charge in [0.2, 0.25) is 0 Å². The van der Waals surface area contributed by atoms with Gasteiger partial charge in [-0.3, -0.25) is 0 Å². The third-order valence-electron chi connectivity index (χ3n) is 2.30. The molecule has 14 heavy (non-hydrogen) atoms. The van der Waals surface area contributed by atoms with Gasteiger partial charge in [-0.25, -0.2) is 0 Å². The van der Waals surface area contributed by atoms with Crippen molar-refractivity contribution in [1.82, 2.24) is 5.32 Å². The van der Waals surface area contributed by atoms with Crippen molar-refractivity contribution < 1.29 is 0 Å². The van der Waals surface area contributed by atoms with Crippen molar-refractivity contribution in [1.29, 1.82) is 0 Å². The molecule has 0 radical (unpaired) electrons. The van der Waals surface area contributed by atoms with Crippen molar-refractivity contribution in [3.8, 4) is 0 Å². The Morgan fingerprint density at radius 3 is 2.64 bits per heavy atom. The molecular weight excluding hydrogens is 192 g/mol. The van der Waals surface area contributed by atoms with Gasteiger partial charge in [0.05, 0.1) is 0 Å². The third kappa shape index (κ3) is 3.78. The maximum Gasteiger partial charge on any atom is 0.0300 e. The van der Waals surface area contributed by atoms with Crippen molar-refractivity contribution in [2.75, 3.05) is 6.54 Å². The smallest absolute Gasteiger partial charge is 0.0300 e. The lowest BCUT2D eigenvalue weighted by Gasteiger charge is -2.08. The van der Waals surface area contributed by atoms with Crippen molar-refractivity contribution in [2.45, 2.75) is 39.3 Å². The maximum atomic E-state index is 5.81. The molecule has 0 aromatic carbocycles. The molecule has 0 saturated heterocycles. The van der Waals surface area contributed by atoms with E-state index in [9.17, 15) is 0 Å². The Bertz CT molecular complexity index is 258. The summed E-state index contributed by atoms with van der Waals surface area (Å²) in [6.45, 7) is 6.18. The highest BCUT2D eigenvalue weighted by molar-refractivity contribution is 7.11. The van der Waals surface area contributed by atoms with E-state index in [1.165, 1.54) is 9.75 Å². The standard InChI is InChI=1S/C11H20N2S/c1-3-9(12)7-13-8-11-6-5-10(4-2)14-11/h5-6,9,13H,3-4,7-8,12H2,1-2H3. The summed E-state index contributed by atoms with van der Waals surface area (Å²) >= 11 is 1.89. The van der Waals surface area contributed by atoms with E-state index in [2.05, 4.69) is 31.3 Å². The van der Waals surface area contributed by atoms with Crippen molar-refractivity contribution >= 4 is 11.3 Å². The second-order valence-corrected chi connectivity index (χ2v) is 4.77. The van der Waals surface area contributed by atoms with E-state index in [1.807, 2.05) is 11.3 Å². The van der Waals surface area contributed by atoms with Gasteiger partial charge in [-0.1, -0.05) is 13.8 Å². The molecule has 3 N–H and O–H groups in total. The number of hydrogen-bond acceptors (Lipinski definition) is 3. The molecule has 0 aliphatic heterocycles. The van der Waals surface area contributed by atoms with Gasteiger partial charge in [-0.2, -0.15) is 0 Å². The number of nitrogens with two attached hydrogens (primary N) is 1. The summed E-state index contributed by atoms with van der Waals surface area (Å²) in [5.41, 5.74) is 5.81. The first-order valence-corrected chi connectivity index (χ1v) is 6.11. The molecule has 0 amide bonds. The van der Waals surface area contributed by atoms with E-state index in [0.717, 1.165) is 25.9 Å². The molecule has 1 rings (SSSR count). The zero-order valence-electron chi connectivity index (χ0n) is 9.05. The van der Waals surface area contributed by atoms with Crippen LogP contribution in [0.5, 0.6) is 0 Å². The second kappa shape index (κ2) is 6.17. The molecule has 0 saturated carbocycles. The molecular formula is C11H20N2S. The van der Waals surface area contributed by atoms with E-state index >= 15 is 0 Å². The summed E-state index contributed by atoms with van der Waals surface area (Å²) in [6, 6.07) is 4.70. The topological polar surface area (TPSA) is 38.0 Å². The predicted octanol–water partition coefficient (Wildman–Crippen LogP) is 2.14. The molecule has 0 fully saturated rings. The Hall–Kier alpha value is -0.380. The molecule has 1 aromatic rings. The number of aryl methyl sites for hydroxylation is 1. The Labute approximate surface area is 90.5 Å². The van der Waals surface area contributed by atoms with Gasteiger partial charge in [-0.05, 0) is 25.0 Å². The highest BCUT2D eigenvalue weighted by Gasteiger charge is 2.00. The highest BCUT2D eigenvalue weighted by atomic mass is 32.1. The molecule has 1 aromatic heterocycles. The van der Waals surface area contributed by atoms with E-state index in [-0.39, 0.29) is 0 Å². The molecule has 0 aliphatic carbocycles. The lowest BCUT2D eigenvalue weighted by molar-refractivity contribution is 0.566. The molecule has 1 unspecified atom stereocenters. The largest absolute Gasteiger partial charge is 0.327 e. The van der Waals surface area contributed by atoms with Crippen LogP contribution in [0.3, 0.4) is 0 Å². The summed E-state index contributed by atoms with van der Waals surface area (Å²) < 4.78 is 0. The Morgan fingerprint density at radius 2 is 2.07 bits per heavy atom. The van der Waals surface area contributed by atoms with Crippen LogP contribution in [0.1, 0.15) is 30.0 Å². The van der Waals surface area contributed by atoms with Crippen LogP contribution in [0.25, 0.3) is 0 Å². The SMILES string of the molecule is CCc1ccc(CNCC(N)CC)s1. The number of nitrogens with one attached hydrogen (secondary N) is 1. The minimum Gasteiger partial charge on any atom is -0.327 e. The lowest BCUT2D eigenvalue weighted by Crippen LogP contribution is -2.32. The predicted molar refractivity (Wildman–Crippen MR) is 63.7 cm³/mol. The van der Waals surface area contributed by atoms with Crippen molar-refractivity contribution in [3.05, 3.63) is 21.9 Å². The lowest BCUT2D eigenvalue weighted by atomic mass is 10.2. The average Bonchev–Trinajstić information content (AvgIpc) is 2.65. The minimum atomic E-state index is 0.292. The summed E-state index contributed by atoms with van der Waals surface area (Å²) in [4.78, 5) is 2.87. The van der Waals surface area contributed by atoms with Crippen molar-refractivity contribution in [2.24, 2.45) is 5.73 Å². The van der Waals surface area contributed by atoms with Crippen LogP contribution in [0.4, 0.5) is 0 Å². The van der Waals surface area contributed by atoms with Crippen molar-refractivity contribution in [3.63, 3.8) is 0 Å². The minimum absolute atomic E-state index is 0.292. The normalized spacial score (nSPS) is 13.1. The molecule has 0 bridgehead atoms. The maximum absolute atomic E-state index is 5.81. The monoisotopic (exact) mass is 212 g/mol. The van der Waals surface area contributed by atoms with Crippen LogP contribution >= 0.6 is 11.3 Å². The third-order valence-corrected chi connectivity index (χ3v) is 3.53. The Morgan fingerprint density at radius 1 is 1.36 bits per heavy atom. The van der Waals surface area contributed by atoms with Crippen LogP contribution in [-0.2, 0) is 13.0 Å². The van der Waals surface area contributed by atoms with Gasteiger partial charge >= 0.3 is 0 Å². The first kappa shape index (κ1) is 11.7. The molecule has 2 nitrogen and oxygen atoms in total. The van der Waals surface area contributed by atoms with E-state index in [1.54, 1.807) is 0 Å². The van der Waals surface area contributed by atoms with Gasteiger partial charge in [0.15, 0.2) is 0 Å². The first-order chi connectivity index (χ1) is 6.76. The molecule has 80 valence electrons. The molecule has 0 aliphatic rings.